The number of benzene rings is 1. The van der Waals surface area contributed by atoms with Crippen molar-refractivity contribution < 1.29 is 4.79 Å². The number of hydrogen-bond acceptors (Lipinski definition) is 4. The minimum Gasteiger partial charge on any atom is -0.349 e. The van der Waals surface area contributed by atoms with E-state index in [9.17, 15) is 9.59 Å². The number of nitrogens with one attached hydrogen (secondary N) is 1. The number of amides is 1. The van der Waals surface area contributed by atoms with Crippen molar-refractivity contribution >= 4 is 22.2 Å². The number of aromatic nitrogens is 2. The molecule has 0 radical (unpaired) electrons. The lowest BCUT2D eigenvalue weighted by atomic mass is 10.1. The maximum atomic E-state index is 12.5. The van der Waals surface area contributed by atoms with Gasteiger partial charge >= 0.3 is 0 Å². The molecular formula is C18H19N3O2S. The third-order valence-electron chi connectivity index (χ3n) is 3.95. The molecule has 1 amide bonds. The van der Waals surface area contributed by atoms with E-state index in [0.717, 1.165) is 18.5 Å². The Kier molecular flexibility index (Phi) is 4.76. The summed E-state index contributed by atoms with van der Waals surface area (Å²) in [6, 6.07) is 10.1. The average molecular weight is 341 g/mol. The predicted octanol–water partition coefficient (Wildman–Crippen LogP) is 2.82. The largest absolute Gasteiger partial charge is 0.349 e. The lowest BCUT2D eigenvalue weighted by Crippen LogP contribution is -2.37. The van der Waals surface area contributed by atoms with Gasteiger partial charge in [-0.2, -0.15) is 0 Å². The number of aryl methyl sites for hydroxylation is 2. The van der Waals surface area contributed by atoms with Crippen molar-refractivity contribution in [1.82, 2.24) is 14.7 Å². The first-order chi connectivity index (χ1) is 11.6. The molecule has 2 heterocycles. The lowest BCUT2D eigenvalue weighted by Gasteiger charge is -2.13. The van der Waals surface area contributed by atoms with Crippen molar-refractivity contribution in [2.75, 3.05) is 0 Å². The average Bonchev–Trinajstić information content (AvgIpc) is 2.96. The van der Waals surface area contributed by atoms with E-state index in [4.69, 9.17) is 0 Å². The topological polar surface area (TPSA) is 63.5 Å². The molecule has 3 aromatic rings. The van der Waals surface area contributed by atoms with Crippen LogP contribution < -0.4 is 10.9 Å². The summed E-state index contributed by atoms with van der Waals surface area (Å²) in [5, 5.41) is 4.75. The van der Waals surface area contributed by atoms with Crippen molar-refractivity contribution in [3.63, 3.8) is 0 Å². The second-order valence-electron chi connectivity index (χ2n) is 5.87. The second kappa shape index (κ2) is 6.97. The van der Waals surface area contributed by atoms with E-state index in [1.807, 2.05) is 37.4 Å². The van der Waals surface area contributed by atoms with Gasteiger partial charge in [-0.1, -0.05) is 30.3 Å². The van der Waals surface area contributed by atoms with Crippen LogP contribution in [-0.4, -0.2) is 21.3 Å². The van der Waals surface area contributed by atoms with E-state index in [1.165, 1.54) is 27.5 Å². The van der Waals surface area contributed by atoms with Gasteiger partial charge in [0, 0.05) is 23.3 Å². The lowest BCUT2D eigenvalue weighted by molar-refractivity contribution is 0.0936. The fraction of sp³-hybridized carbons (Fsp3) is 0.278. The third kappa shape index (κ3) is 3.38. The summed E-state index contributed by atoms with van der Waals surface area (Å²) in [6.45, 7) is 3.77. The van der Waals surface area contributed by atoms with E-state index < -0.39 is 0 Å². The van der Waals surface area contributed by atoms with Crippen molar-refractivity contribution in [3.05, 3.63) is 69.1 Å². The first kappa shape index (κ1) is 16.4. The van der Waals surface area contributed by atoms with Crippen molar-refractivity contribution in [2.45, 2.75) is 32.7 Å². The van der Waals surface area contributed by atoms with Gasteiger partial charge in [-0.05, 0) is 32.3 Å². The Morgan fingerprint density at radius 2 is 2.08 bits per heavy atom. The van der Waals surface area contributed by atoms with Gasteiger partial charge in [0.1, 0.15) is 5.56 Å². The molecule has 0 aliphatic carbocycles. The van der Waals surface area contributed by atoms with Gasteiger partial charge in [-0.25, -0.2) is 4.98 Å². The SMILES string of the molecule is Cc1csc2ncc(C(=O)N[C@H](C)CCc3ccccc3)c(=O)n12. The highest BCUT2D eigenvalue weighted by Gasteiger charge is 2.16. The zero-order chi connectivity index (χ0) is 17.1. The maximum absolute atomic E-state index is 12.5. The van der Waals surface area contributed by atoms with Crippen LogP contribution in [0.25, 0.3) is 4.96 Å². The Balaban J connectivity index is 1.69. The Bertz CT molecular complexity index is 915. The highest BCUT2D eigenvalue weighted by molar-refractivity contribution is 7.15. The molecule has 124 valence electrons. The molecule has 0 aliphatic rings. The summed E-state index contributed by atoms with van der Waals surface area (Å²) in [6.07, 6.45) is 3.05. The Labute approximate surface area is 144 Å². The third-order valence-corrected chi connectivity index (χ3v) is 4.91. The molecule has 0 saturated carbocycles. The van der Waals surface area contributed by atoms with Crippen LogP contribution in [0.3, 0.4) is 0 Å². The molecule has 0 aliphatic heterocycles. The molecule has 24 heavy (non-hydrogen) atoms. The fourth-order valence-corrected chi connectivity index (χ4v) is 3.41. The standard InChI is InChI=1S/C18H19N3O2S/c1-12(8-9-14-6-4-3-5-7-14)20-16(22)15-10-19-18-21(17(15)23)13(2)11-24-18/h3-7,10-12H,8-9H2,1-2H3,(H,20,22)/t12-/m1/s1. The van der Waals surface area contributed by atoms with Gasteiger partial charge in [-0.15, -0.1) is 11.3 Å². The summed E-state index contributed by atoms with van der Waals surface area (Å²) in [4.78, 5) is 29.7. The molecular weight excluding hydrogens is 322 g/mol. The number of hydrogen-bond donors (Lipinski definition) is 1. The van der Waals surface area contributed by atoms with Crippen LogP contribution >= 0.6 is 11.3 Å². The quantitative estimate of drug-likeness (QED) is 0.776. The smallest absolute Gasteiger partial charge is 0.271 e. The summed E-state index contributed by atoms with van der Waals surface area (Å²) >= 11 is 1.39. The molecule has 6 heteroatoms. The van der Waals surface area contributed by atoms with E-state index in [2.05, 4.69) is 22.4 Å². The molecule has 1 N–H and O–H groups in total. The molecule has 1 aromatic carbocycles. The second-order valence-corrected chi connectivity index (χ2v) is 6.71. The first-order valence-electron chi connectivity index (χ1n) is 7.87. The molecule has 0 spiro atoms. The van der Waals surface area contributed by atoms with Gasteiger partial charge in [0.15, 0.2) is 4.96 Å². The van der Waals surface area contributed by atoms with Crippen LogP contribution in [0.5, 0.6) is 0 Å². The molecule has 0 unspecified atom stereocenters. The summed E-state index contributed by atoms with van der Waals surface area (Å²) in [5.41, 5.74) is 1.79. The van der Waals surface area contributed by atoms with E-state index >= 15 is 0 Å². The highest BCUT2D eigenvalue weighted by atomic mass is 32.1. The van der Waals surface area contributed by atoms with Crippen molar-refractivity contribution in [2.24, 2.45) is 0 Å². The zero-order valence-corrected chi connectivity index (χ0v) is 14.5. The number of thiazole rings is 1. The van der Waals surface area contributed by atoms with Crippen molar-refractivity contribution in [1.29, 1.82) is 0 Å². The monoisotopic (exact) mass is 341 g/mol. The molecule has 5 nitrogen and oxygen atoms in total. The Morgan fingerprint density at radius 1 is 1.33 bits per heavy atom. The molecule has 1 atom stereocenters. The summed E-state index contributed by atoms with van der Waals surface area (Å²) < 4.78 is 1.48. The minimum atomic E-state index is -0.368. The normalized spacial score (nSPS) is 12.2. The Morgan fingerprint density at radius 3 is 2.83 bits per heavy atom. The molecule has 3 rings (SSSR count). The highest BCUT2D eigenvalue weighted by Crippen LogP contribution is 2.11. The molecule has 0 bridgehead atoms. The molecule has 2 aromatic heterocycles. The van der Waals surface area contributed by atoms with E-state index in [0.29, 0.717) is 4.96 Å². The van der Waals surface area contributed by atoms with Crippen LogP contribution in [0.1, 0.15) is 35.0 Å². The molecule has 0 fully saturated rings. The minimum absolute atomic E-state index is 0.0265. The Hall–Kier alpha value is -2.47. The number of carbonyl (C=O) groups excluding carboxylic acids is 1. The zero-order valence-electron chi connectivity index (χ0n) is 13.7. The van der Waals surface area contributed by atoms with Gasteiger partial charge < -0.3 is 5.32 Å². The van der Waals surface area contributed by atoms with Gasteiger partial charge in [0.05, 0.1) is 0 Å². The predicted molar refractivity (Wildman–Crippen MR) is 95.8 cm³/mol. The fourth-order valence-electron chi connectivity index (χ4n) is 2.58. The maximum Gasteiger partial charge on any atom is 0.271 e. The van der Waals surface area contributed by atoms with Crippen LogP contribution in [0, 0.1) is 6.92 Å². The van der Waals surface area contributed by atoms with Gasteiger partial charge in [0.2, 0.25) is 0 Å². The van der Waals surface area contributed by atoms with Gasteiger partial charge in [0.25, 0.3) is 11.5 Å². The number of carbonyl (C=O) groups is 1. The number of nitrogens with zero attached hydrogens (tertiary/aromatic N) is 2. The number of rotatable bonds is 5. The van der Waals surface area contributed by atoms with Crippen LogP contribution in [0.2, 0.25) is 0 Å². The van der Waals surface area contributed by atoms with E-state index in [-0.39, 0.29) is 23.1 Å². The van der Waals surface area contributed by atoms with Crippen LogP contribution in [-0.2, 0) is 6.42 Å². The summed E-state index contributed by atoms with van der Waals surface area (Å²) in [5.74, 6) is -0.368. The first-order valence-corrected chi connectivity index (χ1v) is 8.75. The van der Waals surface area contributed by atoms with Crippen LogP contribution in [0.15, 0.2) is 46.7 Å². The molecule has 0 saturated heterocycles. The van der Waals surface area contributed by atoms with E-state index in [1.54, 1.807) is 0 Å². The number of fused-ring (bicyclic) bond motifs is 1. The summed E-state index contributed by atoms with van der Waals surface area (Å²) in [7, 11) is 0. The van der Waals surface area contributed by atoms with Crippen molar-refractivity contribution in [3.8, 4) is 0 Å². The van der Waals surface area contributed by atoms with Gasteiger partial charge in [-0.3, -0.25) is 14.0 Å². The van der Waals surface area contributed by atoms with Crippen LogP contribution in [0.4, 0.5) is 0 Å².